The van der Waals surface area contributed by atoms with Gasteiger partial charge in [-0.15, -0.1) is 0 Å². The van der Waals surface area contributed by atoms with Gasteiger partial charge in [-0.1, -0.05) is 17.9 Å². The predicted molar refractivity (Wildman–Crippen MR) is 95.1 cm³/mol. The normalized spacial score (nSPS) is 13.5. The number of nitrogens with two attached hydrogens (primary N) is 1. The van der Waals surface area contributed by atoms with Crippen LogP contribution >= 0.6 is 0 Å². The van der Waals surface area contributed by atoms with E-state index in [0.29, 0.717) is 5.57 Å². The maximum absolute atomic E-state index is 12.3. The molecule has 0 atom stereocenters. The van der Waals surface area contributed by atoms with Crippen LogP contribution in [0.25, 0.3) is 11.6 Å². The van der Waals surface area contributed by atoms with Crippen LogP contribution in [0.1, 0.15) is 28.1 Å². The Hall–Kier alpha value is -2.88. The lowest BCUT2D eigenvalue weighted by atomic mass is 9.96. The Morgan fingerprint density at radius 1 is 1.33 bits per heavy atom. The number of carbonyl (C=O) groups is 1. The number of hydrogen-bond donors (Lipinski definition) is 4. The monoisotopic (exact) mass is 324 g/mol. The van der Waals surface area contributed by atoms with E-state index >= 15 is 0 Å². The number of aromatic amines is 1. The van der Waals surface area contributed by atoms with Crippen LogP contribution in [0.15, 0.2) is 18.5 Å². The summed E-state index contributed by atoms with van der Waals surface area (Å²) in [5, 5.41) is 9.88. The van der Waals surface area contributed by atoms with Crippen molar-refractivity contribution in [3.8, 4) is 11.8 Å². The number of imidazole rings is 1. The quantitative estimate of drug-likeness (QED) is 0.470. The van der Waals surface area contributed by atoms with Crippen molar-refractivity contribution in [3.63, 3.8) is 0 Å². The van der Waals surface area contributed by atoms with Gasteiger partial charge >= 0.3 is 0 Å². The van der Waals surface area contributed by atoms with E-state index in [1.807, 2.05) is 26.0 Å². The standard InChI is InChI=1S/C17H16N4O.CH4O/c1-10-5-6-14-16(12(10)4-3-7-18)13(17(22)21-14)8-15-11(2)19-9-20-15;1-2/h5-6,8-9H,7,18H2,1-2H3,(H,19,20)(H,21,22);2H,1H3/b13-8-;. The molecule has 2 aromatic rings. The van der Waals surface area contributed by atoms with Crippen LogP contribution in [0.5, 0.6) is 0 Å². The number of fused-ring (bicyclic) bond motifs is 1. The molecule has 5 N–H and O–H groups in total. The highest BCUT2D eigenvalue weighted by Crippen LogP contribution is 2.37. The molecule has 24 heavy (non-hydrogen) atoms. The number of H-pyrrole nitrogens is 1. The third-order valence-electron chi connectivity index (χ3n) is 3.64. The Morgan fingerprint density at radius 3 is 2.71 bits per heavy atom. The van der Waals surface area contributed by atoms with Gasteiger partial charge in [-0.2, -0.15) is 0 Å². The highest BCUT2D eigenvalue weighted by molar-refractivity contribution is 6.35. The van der Waals surface area contributed by atoms with Crippen LogP contribution in [-0.2, 0) is 4.79 Å². The lowest BCUT2D eigenvalue weighted by molar-refractivity contribution is -0.110. The SMILES string of the molecule is CO.Cc1ccc2c(c1C#CCN)/C(=C/c1nc[nH]c1C)C(=O)N2. The maximum atomic E-state index is 12.3. The third-order valence-corrected chi connectivity index (χ3v) is 3.64. The highest BCUT2D eigenvalue weighted by Gasteiger charge is 2.27. The number of rotatable bonds is 1. The molecule has 0 fully saturated rings. The average Bonchev–Trinajstić information content (AvgIpc) is 3.13. The zero-order chi connectivity index (χ0) is 17.7. The fourth-order valence-corrected chi connectivity index (χ4v) is 2.48. The van der Waals surface area contributed by atoms with E-state index in [-0.39, 0.29) is 12.5 Å². The number of benzene rings is 1. The van der Waals surface area contributed by atoms with Gasteiger partial charge < -0.3 is 21.1 Å². The first kappa shape index (κ1) is 17.5. The molecule has 0 saturated carbocycles. The van der Waals surface area contributed by atoms with E-state index in [1.54, 1.807) is 12.4 Å². The minimum Gasteiger partial charge on any atom is -0.400 e. The van der Waals surface area contributed by atoms with Crippen molar-refractivity contribution < 1.29 is 9.90 Å². The van der Waals surface area contributed by atoms with Crippen molar-refractivity contribution in [2.45, 2.75) is 13.8 Å². The minimum absolute atomic E-state index is 0.140. The summed E-state index contributed by atoms with van der Waals surface area (Å²) >= 11 is 0. The molecule has 3 rings (SSSR count). The molecule has 124 valence electrons. The molecule has 1 amide bonds. The smallest absolute Gasteiger partial charge is 0.256 e. The summed E-state index contributed by atoms with van der Waals surface area (Å²) in [7, 11) is 1.00. The number of nitrogens with zero attached hydrogens (tertiary/aromatic N) is 1. The number of aliphatic hydroxyl groups excluding tert-OH is 1. The van der Waals surface area contributed by atoms with Crippen LogP contribution in [0.4, 0.5) is 5.69 Å². The Balaban J connectivity index is 0.00000100. The molecule has 1 aliphatic rings. The number of nitrogens with one attached hydrogen (secondary N) is 2. The zero-order valence-corrected chi connectivity index (χ0v) is 13.9. The summed E-state index contributed by atoms with van der Waals surface area (Å²) in [5.41, 5.74) is 11.2. The molecule has 0 bridgehead atoms. The second kappa shape index (κ2) is 7.59. The first-order chi connectivity index (χ1) is 11.6. The lowest BCUT2D eigenvalue weighted by Gasteiger charge is -2.06. The van der Waals surface area contributed by atoms with Crippen molar-refractivity contribution in [2.24, 2.45) is 5.73 Å². The van der Waals surface area contributed by atoms with Gasteiger partial charge in [-0.3, -0.25) is 4.79 Å². The summed E-state index contributed by atoms with van der Waals surface area (Å²) in [5.74, 6) is 5.81. The van der Waals surface area contributed by atoms with Gasteiger partial charge in [0.15, 0.2) is 0 Å². The molecular formula is C18H20N4O2. The van der Waals surface area contributed by atoms with Crippen molar-refractivity contribution in [2.75, 3.05) is 19.0 Å². The summed E-state index contributed by atoms with van der Waals surface area (Å²) in [6.45, 7) is 4.17. The molecule has 1 aromatic heterocycles. The van der Waals surface area contributed by atoms with Gasteiger partial charge in [-0.25, -0.2) is 4.98 Å². The second-order valence-corrected chi connectivity index (χ2v) is 5.11. The first-order valence-corrected chi connectivity index (χ1v) is 7.42. The van der Waals surface area contributed by atoms with Crippen LogP contribution in [0.2, 0.25) is 0 Å². The Bertz CT molecular complexity index is 854. The van der Waals surface area contributed by atoms with E-state index in [4.69, 9.17) is 10.8 Å². The average molecular weight is 324 g/mol. The van der Waals surface area contributed by atoms with Gasteiger partial charge in [0.2, 0.25) is 0 Å². The van der Waals surface area contributed by atoms with Gasteiger partial charge in [0.05, 0.1) is 29.8 Å². The van der Waals surface area contributed by atoms with Gasteiger partial charge in [-0.05, 0) is 31.6 Å². The zero-order valence-electron chi connectivity index (χ0n) is 13.9. The molecule has 0 saturated heterocycles. The van der Waals surface area contributed by atoms with Gasteiger partial charge in [0, 0.05) is 23.9 Å². The largest absolute Gasteiger partial charge is 0.400 e. The van der Waals surface area contributed by atoms with E-state index in [1.165, 1.54) is 0 Å². The number of aliphatic hydroxyl groups is 1. The van der Waals surface area contributed by atoms with Gasteiger partial charge in [0.25, 0.3) is 5.91 Å². The molecule has 0 aliphatic carbocycles. The van der Waals surface area contributed by atoms with Crippen LogP contribution in [-0.4, -0.2) is 34.6 Å². The van der Waals surface area contributed by atoms with E-state index in [0.717, 1.165) is 40.9 Å². The first-order valence-electron chi connectivity index (χ1n) is 7.42. The number of anilines is 1. The molecule has 0 radical (unpaired) electrons. The van der Waals surface area contributed by atoms with Crippen molar-refractivity contribution in [1.29, 1.82) is 0 Å². The Labute approximate surface area is 140 Å². The number of hydrogen-bond acceptors (Lipinski definition) is 4. The summed E-state index contributed by atoms with van der Waals surface area (Å²) in [6.07, 6.45) is 3.40. The third kappa shape index (κ3) is 3.23. The van der Waals surface area contributed by atoms with Crippen molar-refractivity contribution >= 4 is 23.2 Å². The number of amides is 1. The molecule has 6 nitrogen and oxygen atoms in total. The lowest BCUT2D eigenvalue weighted by Crippen LogP contribution is -2.03. The Kier molecular flexibility index (Phi) is 5.53. The number of aryl methyl sites for hydroxylation is 2. The van der Waals surface area contributed by atoms with Crippen LogP contribution in [0.3, 0.4) is 0 Å². The topological polar surface area (TPSA) is 104 Å². The highest BCUT2D eigenvalue weighted by atomic mass is 16.2. The number of aromatic nitrogens is 2. The Morgan fingerprint density at radius 2 is 2.08 bits per heavy atom. The van der Waals surface area contributed by atoms with E-state index in [9.17, 15) is 4.79 Å². The predicted octanol–water partition coefficient (Wildman–Crippen LogP) is 1.44. The van der Waals surface area contributed by atoms with E-state index in [2.05, 4.69) is 27.1 Å². The van der Waals surface area contributed by atoms with Crippen LogP contribution < -0.4 is 11.1 Å². The summed E-state index contributed by atoms with van der Waals surface area (Å²) in [6, 6.07) is 3.84. The summed E-state index contributed by atoms with van der Waals surface area (Å²) in [4.78, 5) is 19.6. The molecule has 1 aromatic carbocycles. The fraction of sp³-hybridized carbons (Fsp3) is 0.222. The molecule has 0 spiro atoms. The molecule has 1 aliphatic heterocycles. The summed E-state index contributed by atoms with van der Waals surface area (Å²) < 4.78 is 0. The van der Waals surface area contributed by atoms with E-state index < -0.39 is 0 Å². The van der Waals surface area contributed by atoms with Crippen LogP contribution in [0, 0.1) is 25.7 Å². The molecule has 0 unspecified atom stereocenters. The van der Waals surface area contributed by atoms with Crippen molar-refractivity contribution in [3.05, 3.63) is 46.5 Å². The fourth-order valence-electron chi connectivity index (χ4n) is 2.48. The van der Waals surface area contributed by atoms with Gasteiger partial charge in [0.1, 0.15) is 0 Å². The second-order valence-electron chi connectivity index (χ2n) is 5.11. The molecular weight excluding hydrogens is 304 g/mol. The minimum atomic E-state index is -0.140. The number of carbonyl (C=O) groups excluding carboxylic acids is 1. The maximum Gasteiger partial charge on any atom is 0.256 e. The molecule has 6 heteroatoms. The van der Waals surface area contributed by atoms with Crippen molar-refractivity contribution in [1.82, 2.24) is 9.97 Å². The molecule has 2 heterocycles.